The smallest absolute Gasteiger partial charge is 0.355 e. The minimum atomic E-state index is -4.84. The summed E-state index contributed by atoms with van der Waals surface area (Å²) < 4.78 is 41.0. The van der Waals surface area contributed by atoms with E-state index in [1.165, 1.54) is 19.2 Å². The third-order valence-corrected chi connectivity index (χ3v) is 5.28. The van der Waals surface area contributed by atoms with E-state index in [2.05, 4.69) is 36.6 Å². The lowest BCUT2D eigenvalue weighted by atomic mass is 10.1. The van der Waals surface area contributed by atoms with Crippen LogP contribution in [0.4, 0.5) is 18.9 Å². The van der Waals surface area contributed by atoms with Gasteiger partial charge in [-0.05, 0) is 46.6 Å². The predicted molar refractivity (Wildman–Crippen MR) is 117 cm³/mol. The minimum Gasteiger partial charge on any atom is -0.355 e. The van der Waals surface area contributed by atoms with Gasteiger partial charge in [0.25, 0.3) is 11.8 Å². The zero-order chi connectivity index (χ0) is 23.8. The second kappa shape index (κ2) is 9.08. The summed E-state index contributed by atoms with van der Waals surface area (Å²) in [6, 6.07) is 4.97. The molecule has 32 heavy (non-hydrogen) atoms. The van der Waals surface area contributed by atoms with Gasteiger partial charge in [0.1, 0.15) is 5.69 Å². The quantitative estimate of drug-likeness (QED) is 0.463. The molecule has 0 spiro atoms. The van der Waals surface area contributed by atoms with Gasteiger partial charge < -0.3 is 10.6 Å². The Morgan fingerprint density at radius 3 is 2.41 bits per heavy atom. The lowest BCUT2D eigenvalue weighted by molar-refractivity contribution is -0.141. The summed E-state index contributed by atoms with van der Waals surface area (Å²) in [6.07, 6.45) is -3.68. The first kappa shape index (κ1) is 24.0. The summed E-state index contributed by atoms with van der Waals surface area (Å²) in [7, 11) is 1.41. The SMILES string of the molecule is CNC(=O)c1cc(C)cc(Br)c1NC(=O)c1cc(C(F)(F)F)nn1-c1ncc(Cl)cc1Cl. The number of hydrogen-bond donors (Lipinski definition) is 2. The molecule has 0 unspecified atom stereocenters. The average molecular weight is 551 g/mol. The van der Waals surface area contributed by atoms with Crippen molar-refractivity contribution in [1.29, 1.82) is 0 Å². The molecule has 2 N–H and O–H groups in total. The highest BCUT2D eigenvalue weighted by molar-refractivity contribution is 9.10. The number of carbonyl (C=O) groups is 2. The number of hydrogen-bond acceptors (Lipinski definition) is 4. The number of aryl methyl sites for hydroxylation is 1. The summed E-state index contributed by atoms with van der Waals surface area (Å²) in [5.41, 5.74) is -0.946. The number of alkyl halides is 3. The zero-order valence-corrected chi connectivity index (χ0v) is 19.4. The number of nitrogens with zero attached hydrogens (tertiary/aromatic N) is 3. The van der Waals surface area contributed by atoms with Crippen LogP contribution in [0, 0.1) is 6.92 Å². The van der Waals surface area contributed by atoms with Crippen molar-refractivity contribution in [1.82, 2.24) is 20.1 Å². The number of nitrogens with one attached hydrogen (secondary N) is 2. The van der Waals surface area contributed by atoms with Crippen LogP contribution in [0.15, 0.2) is 34.9 Å². The first-order chi connectivity index (χ1) is 14.9. The molecule has 7 nitrogen and oxygen atoms in total. The average Bonchev–Trinajstić information content (AvgIpc) is 3.14. The van der Waals surface area contributed by atoms with Crippen molar-refractivity contribution in [2.24, 2.45) is 0 Å². The molecule has 2 heterocycles. The van der Waals surface area contributed by atoms with Gasteiger partial charge in [-0.25, -0.2) is 9.67 Å². The van der Waals surface area contributed by atoms with Gasteiger partial charge in [-0.1, -0.05) is 23.2 Å². The number of amides is 2. The molecule has 2 aromatic heterocycles. The molecule has 0 bridgehead atoms. The highest BCUT2D eigenvalue weighted by atomic mass is 79.9. The molecule has 3 aromatic rings. The van der Waals surface area contributed by atoms with Crippen LogP contribution in [-0.4, -0.2) is 33.6 Å². The van der Waals surface area contributed by atoms with Crippen LogP contribution in [0.1, 0.15) is 32.1 Å². The van der Waals surface area contributed by atoms with Gasteiger partial charge in [0, 0.05) is 23.8 Å². The molecule has 0 aliphatic heterocycles. The van der Waals surface area contributed by atoms with Gasteiger partial charge in [0.2, 0.25) is 0 Å². The lowest BCUT2D eigenvalue weighted by Crippen LogP contribution is -2.23. The molecule has 3 rings (SSSR count). The normalized spacial score (nSPS) is 11.4. The van der Waals surface area contributed by atoms with E-state index in [0.717, 1.165) is 11.8 Å². The Morgan fingerprint density at radius 2 is 1.81 bits per heavy atom. The van der Waals surface area contributed by atoms with E-state index < -0.39 is 29.4 Å². The maximum Gasteiger partial charge on any atom is 0.435 e. The highest BCUT2D eigenvalue weighted by Gasteiger charge is 2.37. The van der Waals surface area contributed by atoms with Crippen LogP contribution in [-0.2, 0) is 6.18 Å². The number of carbonyl (C=O) groups excluding carboxylic acids is 2. The van der Waals surface area contributed by atoms with Crippen LogP contribution in [0.5, 0.6) is 0 Å². The third-order valence-electron chi connectivity index (χ3n) is 4.17. The Morgan fingerprint density at radius 1 is 1.12 bits per heavy atom. The largest absolute Gasteiger partial charge is 0.435 e. The fourth-order valence-corrected chi connectivity index (χ4v) is 3.90. The van der Waals surface area contributed by atoms with E-state index in [4.69, 9.17) is 23.2 Å². The molecule has 13 heteroatoms. The Labute approximate surface area is 198 Å². The predicted octanol–water partition coefficient (Wildman–Crippen LogP) is 5.28. The van der Waals surface area contributed by atoms with Crippen molar-refractivity contribution in [3.05, 3.63) is 67.5 Å². The van der Waals surface area contributed by atoms with Crippen molar-refractivity contribution in [3.8, 4) is 5.82 Å². The summed E-state index contributed by atoms with van der Waals surface area (Å²) in [4.78, 5) is 29.2. The third kappa shape index (κ3) is 4.89. The molecule has 0 aliphatic rings. The number of rotatable bonds is 4. The van der Waals surface area contributed by atoms with Crippen molar-refractivity contribution >= 4 is 56.6 Å². The summed E-state index contributed by atoms with van der Waals surface area (Å²) in [5, 5.41) is 8.41. The molecule has 0 atom stereocenters. The highest BCUT2D eigenvalue weighted by Crippen LogP contribution is 2.33. The molecule has 0 aliphatic carbocycles. The van der Waals surface area contributed by atoms with Crippen molar-refractivity contribution in [3.63, 3.8) is 0 Å². The first-order valence-corrected chi connectivity index (χ1v) is 10.3. The molecule has 168 valence electrons. The van der Waals surface area contributed by atoms with Crippen LogP contribution in [0.25, 0.3) is 5.82 Å². The van der Waals surface area contributed by atoms with Gasteiger partial charge >= 0.3 is 6.18 Å². The number of halogens is 6. The van der Waals surface area contributed by atoms with Crippen LogP contribution in [0.3, 0.4) is 0 Å². The standard InChI is InChI=1S/C19H13BrCl2F3N5O2/c1-8-3-10(17(31)26-2)15(11(20)4-8)28-18(32)13-6-14(19(23,24)25)29-30(13)16-12(22)5-9(21)7-27-16/h3-7H,1-2H3,(H,26,31)(H,28,32). The van der Waals surface area contributed by atoms with Gasteiger partial charge in [0.05, 0.1) is 21.3 Å². The van der Waals surface area contributed by atoms with Gasteiger partial charge in [-0.2, -0.15) is 18.3 Å². The zero-order valence-electron chi connectivity index (χ0n) is 16.3. The fourth-order valence-electron chi connectivity index (χ4n) is 2.77. The molecular formula is C19H13BrCl2F3N5O2. The number of aromatic nitrogens is 3. The van der Waals surface area contributed by atoms with E-state index in [1.54, 1.807) is 13.0 Å². The Balaban J connectivity index is 2.13. The summed E-state index contributed by atoms with van der Waals surface area (Å²) >= 11 is 15.1. The Kier molecular flexibility index (Phi) is 6.82. The van der Waals surface area contributed by atoms with Gasteiger partial charge in [-0.15, -0.1) is 0 Å². The maximum atomic E-state index is 13.3. The number of pyridine rings is 1. The number of anilines is 1. The second-order valence-electron chi connectivity index (χ2n) is 6.49. The van der Waals surface area contributed by atoms with Gasteiger partial charge in [0.15, 0.2) is 11.5 Å². The molecule has 0 fully saturated rings. The monoisotopic (exact) mass is 549 g/mol. The molecular weight excluding hydrogens is 538 g/mol. The van der Waals surface area contributed by atoms with Crippen molar-refractivity contribution in [2.75, 3.05) is 12.4 Å². The van der Waals surface area contributed by atoms with Crippen molar-refractivity contribution < 1.29 is 22.8 Å². The minimum absolute atomic E-state index is 0.0661. The summed E-state index contributed by atoms with van der Waals surface area (Å²) in [5.74, 6) is -1.71. The Hall–Kier alpha value is -2.63. The fraction of sp³-hybridized carbons (Fsp3) is 0.158. The van der Waals surface area contributed by atoms with Gasteiger partial charge in [-0.3, -0.25) is 9.59 Å². The lowest BCUT2D eigenvalue weighted by Gasteiger charge is -2.14. The second-order valence-corrected chi connectivity index (χ2v) is 8.18. The Bertz CT molecular complexity index is 1230. The molecule has 0 saturated carbocycles. The number of benzene rings is 1. The van der Waals surface area contributed by atoms with Crippen LogP contribution >= 0.6 is 39.1 Å². The summed E-state index contributed by atoms with van der Waals surface area (Å²) in [6.45, 7) is 1.74. The van der Waals surface area contributed by atoms with E-state index in [0.29, 0.717) is 15.2 Å². The van der Waals surface area contributed by atoms with E-state index in [9.17, 15) is 22.8 Å². The van der Waals surface area contributed by atoms with Crippen LogP contribution < -0.4 is 10.6 Å². The van der Waals surface area contributed by atoms with Crippen LogP contribution in [0.2, 0.25) is 10.0 Å². The maximum absolute atomic E-state index is 13.3. The first-order valence-electron chi connectivity index (χ1n) is 8.74. The van der Waals surface area contributed by atoms with E-state index in [1.807, 2.05) is 0 Å². The van der Waals surface area contributed by atoms with E-state index in [-0.39, 0.29) is 27.1 Å². The molecule has 0 radical (unpaired) electrons. The molecule has 1 aromatic carbocycles. The van der Waals surface area contributed by atoms with E-state index >= 15 is 0 Å². The topological polar surface area (TPSA) is 88.9 Å². The molecule has 2 amide bonds. The molecule has 0 saturated heterocycles. The van der Waals surface area contributed by atoms with Crippen molar-refractivity contribution in [2.45, 2.75) is 13.1 Å².